The van der Waals surface area contributed by atoms with Crippen LogP contribution in [0.1, 0.15) is 26.2 Å². The summed E-state index contributed by atoms with van der Waals surface area (Å²) in [4.78, 5) is 27.2. The number of benzene rings is 1. The van der Waals surface area contributed by atoms with Gasteiger partial charge in [0.05, 0.1) is 17.6 Å². The highest BCUT2D eigenvalue weighted by molar-refractivity contribution is 5.98. The highest BCUT2D eigenvalue weighted by Crippen LogP contribution is 2.48. The van der Waals surface area contributed by atoms with Crippen LogP contribution in [-0.2, 0) is 9.53 Å². The maximum absolute atomic E-state index is 12.7. The predicted molar refractivity (Wildman–Crippen MR) is 83.8 cm³/mol. The number of carbonyl (C=O) groups excluding carboxylic acids is 1. The maximum atomic E-state index is 12.7. The Bertz CT molecular complexity index is 813. The number of fused-ring (bicyclic) bond motifs is 3. The average molecular weight is 298 g/mol. The topological polar surface area (TPSA) is 71.2 Å². The van der Waals surface area contributed by atoms with Gasteiger partial charge in [-0.2, -0.15) is 0 Å². The summed E-state index contributed by atoms with van der Waals surface area (Å²) in [6.07, 6.45) is 4.64. The zero-order valence-corrected chi connectivity index (χ0v) is 12.4. The SMILES string of the molecule is CC1(C(=O)Nc2ccc3cc[nH]c(=O)c3c2)CC2CCC1O2. The first-order valence-electron chi connectivity index (χ1n) is 7.65. The molecule has 3 atom stereocenters. The van der Waals surface area contributed by atoms with Gasteiger partial charge in [0.1, 0.15) is 0 Å². The van der Waals surface area contributed by atoms with Crippen molar-refractivity contribution < 1.29 is 9.53 Å². The molecular formula is C17H18N2O3. The van der Waals surface area contributed by atoms with Gasteiger partial charge in [0.2, 0.25) is 5.91 Å². The molecule has 0 aliphatic carbocycles. The van der Waals surface area contributed by atoms with Crippen molar-refractivity contribution in [3.63, 3.8) is 0 Å². The number of ether oxygens (including phenoxy) is 1. The molecule has 3 unspecified atom stereocenters. The number of hydrogen-bond acceptors (Lipinski definition) is 3. The number of pyridine rings is 1. The van der Waals surface area contributed by atoms with Crippen molar-refractivity contribution in [3.8, 4) is 0 Å². The van der Waals surface area contributed by atoms with Crippen LogP contribution in [-0.4, -0.2) is 23.1 Å². The Hall–Kier alpha value is -2.14. The first-order valence-corrected chi connectivity index (χ1v) is 7.65. The van der Waals surface area contributed by atoms with Crippen LogP contribution in [0.4, 0.5) is 5.69 Å². The van der Waals surface area contributed by atoms with E-state index in [1.807, 2.05) is 25.1 Å². The molecule has 2 aliphatic rings. The molecule has 114 valence electrons. The summed E-state index contributed by atoms with van der Waals surface area (Å²) >= 11 is 0. The van der Waals surface area contributed by atoms with E-state index in [2.05, 4.69) is 10.3 Å². The van der Waals surface area contributed by atoms with Crippen LogP contribution >= 0.6 is 0 Å². The molecule has 0 spiro atoms. The van der Waals surface area contributed by atoms with Gasteiger partial charge in [-0.1, -0.05) is 6.07 Å². The zero-order valence-electron chi connectivity index (χ0n) is 12.4. The normalized spacial score (nSPS) is 29.9. The third-order valence-corrected chi connectivity index (χ3v) is 5.02. The largest absolute Gasteiger partial charge is 0.374 e. The van der Waals surface area contributed by atoms with E-state index in [1.54, 1.807) is 12.3 Å². The fourth-order valence-electron chi connectivity index (χ4n) is 3.70. The van der Waals surface area contributed by atoms with E-state index >= 15 is 0 Å². The van der Waals surface area contributed by atoms with Crippen molar-refractivity contribution in [2.75, 3.05) is 5.32 Å². The minimum Gasteiger partial charge on any atom is -0.374 e. The number of nitrogens with one attached hydrogen (secondary N) is 2. The Morgan fingerprint density at radius 1 is 1.36 bits per heavy atom. The van der Waals surface area contributed by atoms with Crippen LogP contribution in [0.2, 0.25) is 0 Å². The van der Waals surface area contributed by atoms with E-state index in [0.29, 0.717) is 11.1 Å². The molecule has 2 bridgehead atoms. The number of rotatable bonds is 2. The monoisotopic (exact) mass is 298 g/mol. The standard InChI is InChI=1S/C17H18N2O3/c1-17(9-12-4-5-14(17)22-12)16(21)19-11-3-2-10-6-7-18-15(20)13(10)8-11/h2-3,6-8,12,14H,4-5,9H2,1H3,(H,18,20)(H,19,21). The molecule has 2 N–H and O–H groups in total. The number of amides is 1. The molecule has 5 nitrogen and oxygen atoms in total. The quantitative estimate of drug-likeness (QED) is 0.894. The molecular weight excluding hydrogens is 280 g/mol. The summed E-state index contributed by atoms with van der Waals surface area (Å²) in [5.41, 5.74) is 0.0299. The summed E-state index contributed by atoms with van der Waals surface area (Å²) < 4.78 is 5.82. The van der Waals surface area contributed by atoms with E-state index in [1.165, 1.54) is 0 Å². The molecule has 2 aromatic rings. The van der Waals surface area contributed by atoms with Crippen molar-refractivity contribution in [1.29, 1.82) is 0 Å². The van der Waals surface area contributed by atoms with E-state index in [0.717, 1.165) is 24.6 Å². The van der Waals surface area contributed by atoms with E-state index < -0.39 is 5.41 Å². The van der Waals surface area contributed by atoms with Crippen LogP contribution in [0.15, 0.2) is 35.3 Å². The third kappa shape index (κ3) is 1.96. The van der Waals surface area contributed by atoms with Crippen LogP contribution in [0.25, 0.3) is 10.8 Å². The number of hydrogen-bond donors (Lipinski definition) is 2. The Kier molecular flexibility index (Phi) is 2.87. The highest BCUT2D eigenvalue weighted by Gasteiger charge is 2.53. The minimum atomic E-state index is -0.471. The van der Waals surface area contributed by atoms with Crippen molar-refractivity contribution in [2.24, 2.45) is 5.41 Å². The third-order valence-electron chi connectivity index (χ3n) is 5.02. The minimum absolute atomic E-state index is 0.0151. The fraction of sp³-hybridized carbons (Fsp3) is 0.412. The van der Waals surface area contributed by atoms with Gasteiger partial charge in [0, 0.05) is 17.3 Å². The van der Waals surface area contributed by atoms with Gasteiger partial charge in [-0.3, -0.25) is 9.59 Å². The van der Waals surface area contributed by atoms with Crippen molar-refractivity contribution >= 4 is 22.4 Å². The molecule has 0 radical (unpaired) electrons. The van der Waals surface area contributed by atoms with Gasteiger partial charge in [0.15, 0.2) is 0 Å². The molecule has 2 fully saturated rings. The summed E-state index contributed by atoms with van der Waals surface area (Å²) in [6, 6.07) is 7.24. The second kappa shape index (κ2) is 4.68. The number of aromatic amines is 1. The van der Waals surface area contributed by atoms with Crippen LogP contribution < -0.4 is 10.9 Å². The number of anilines is 1. The van der Waals surface area contributed by atoms with Crippen LogP contribution in [0.5, 0.6) is 0 Å². The van der Waals surface area contributed by atoms with Gasteiger partial charge < -0.3 is 15.0 Å². The first kappa shape index (κ1) is 13.5. The highest BCUT2D eigenvalue weighted by atomic mass is 16.5. The lowest BCUT2D eigenvalue weighted by Crippen LogP contribution is -2.41. The molecule has 0 saturated carbocycles. The van der Waals surface area contributed by atoms with Crippen molar-refractivity contribution in [1.82, 2.24) is 4.98 Å². The second-order valence-electron chi connectivity index (χ2n) is 6.51. The number of aromatic nitrogens is 1. The molecule has 22 heavy (non-hydrogen) atoms. The van der Waals surface area contributed by atoms with Gasteiger partial charge in [-0.05, 0) is 49.8 Å². The van der Waals surface area contributed by atoms with Gasteiger partial charge >= 0.3 is 0 Å². The Labute approximate surface area is 127 Å². The van der Waals surface area contributed by atoms with Gasteiger partial charge in [-0.15, -0.1) is 0 Å². The molecule has 5 heteroatoms. The smallest absolute Gasteiger partial charge is 0.255 e. The zero-order chi connectivity index (χ0) is 15.3. The van der Waals surface area contributed by atoms with E-state index in [9.17, 15) is 9.59 Å². The lowest BCUT2D eigenvalue weighted by molar-refractivity contribution is -0.127. The predicted octanol–water partition coefficient (Wildman–Crippen LogP) is 2.42. The Morgan fingerprint density at radius 2 is 2.23 bits per heavy atom. The molecule has 1 aromatic heterocycles. The van der Waals surface area contributed by atoms with Crippen LogP contribution in [0.3, 0.4) is 0 Å². The van der Waals surface area contributed by atoms with Gasteiger partial charge in [-0.25, -0.2) is 0 Å². The number of H-pyrrole nitrogens is 1. The fourth-order valence-corrected chi connectivity index (χ4v) is 3.70. The molecule has 2 aliphatic heterocycles. The molecule has 3 heterocycles. The Balaban J connectivity index is 1.62. The summed E-state index contributed by atoms with van der Waals surface area (Å²) in [5, 5.41) is 4.39. The van der Waals surface area contributed by atoms with Crippen molar-refractivity contribution in [3.05, 3.63) is 40.8 Å². The van der Waals surface area contributed by atoms with Crippen LogP contribution in [0, 0.1) is 5.41 Å². The van der Waals surface area contributed by atoms with E-state index in [-0.39, 0.29) is 23.7 Å². The number of carbonyl (C=O) groups is 1. The average Bonchev–Trinajstić information content (AvgIpc) is 3.09. The first-order chi connectivity index (χ1) is 10.6. The Morgan fingerprint density at radius 3 is 2.95 bits per heavy atom. The molecule has 1 aromatic carbocycles. The summed E-state index contributed by atoms with van der Waals surface area (Å²) in [5.74, 6) is -0.0218. The molecule has 4 rings (SSSR count). The lowest BCUT2D eigenvalue weighted by atomic mass is 9.75. The second-order valence-corrected chi connectivity index (χ2v) is 6.51. The lowest BCUT2D eigenvalue weighted by Gasteiger charge is -2.29. The summed E-state index contributed by atoms with van der Waals surface area (Å²) in [7, 11) is 0. The molecule has 1 amide bonds. The summed E-state index contributed by atoms with van der Waals surface area (Å²) in [6.45, 7) is 1.97. The molecule has 2 saturated heterocycles. The van der Waals surface area contributed by atoms with Crippen molar-refractivity contribution in [2.45, 2.75) is 38.4 Å². The maximum Gasteiger partial charge on any atom is 0.255 e. The van der Waals surface area contributed by atoms with Gasteiger partial charge in [0.25, 0.3) is 5.56 Å². The van der Waals surface area contributed by atoms with E-state index in [4.69, 9.17) is 4.74 Å².